The summed E-state index contributed by atoms with van der Waals surface area (Å²) in [4.78, 5) is 19.1. The SMILES string of the molecule is CCN(CC)c1nc(NN)nc(NCc2ccccn2)n1. The van der Waals surface area contributed by atoms with Crippen LogP contribution in [0.3, 0.4) is 0 Å². The Labute approximate surface area is 123 Å². The molecule has 4 N–H and O–H groups in total. The van der Waals surface area contributed by atoms with E-state index in [-0.39, 0.29) is 0 Å². The van der Waals surface area contributed by atoms with Crippen LogP contribution in [0.25, 0.3) is 0 Å². The maximum atomic E-state index is 5.42. The average molecular weight is 288 g/mol. The van der Waals surface area contributed by atoms with E-state index in [2.05, 4.69) is 30.7 Å². The van der Waals surface area contributed by atoms with Crippen LogP contribution < -0.4 is 21.5 Å². The molecule has 2 rings (SSSR count). The van der Waals surface area contributed by atoms with Gasteiger partial charge in [-0.3, -0.25) is 10.4 Å². The van der Waals surface area contributed by atoms with E-state index in [1.807, 2.05) is 36.9 Å². The summed E-state index contributed by atoms with van der Waals surface area (Å²) in [5.41, 5.74) is 3.37. The van der Waals surface area contributed by atoms with Gasteiger partial charge in [0.2, 0.25) is 17.8 Å². The second-order valence-electron chi connectivity index (χ2n) is 4.27. The van der Waals surface area contributed by atoms with E-state index in [9.17, 15) is 0 Å². The number of hydrogen-bond acceptors (Lipinski definition) is 8. The van der Waals surface area contributed by atoms with Crippen molar-refractivity contribution in [3.8, 4) is 0 Å². The Hall–Kier alpha value is -2.48. The predicted octanol–water partition coefficient (Wildman–Crippen LogP) is 1.01. The van der Waals surface area contributed by atoms with E-state index in [4.69, 9.17) is 5.84 Å². The number of nitrogens with one attached hydrogen (secondary N) is 2. The molecule has 0 atom stereocenters. The molecule has 0 aromatic carbocycles. The van der Waals surface area contributed by atoms with E-state index in [0.717, 1.165) is 18.8 Å². The quantitative estimate of drug-likeness (QED) is 0.512. The first kappa shape index (κ1) is 14.9. The molecule has 0 saturated heterocycles. The summed E-state index contributed by atoms with van der Waals surface area (Å²) in [6, 6.07) is 5.74. The highest BCUT2D eigenvalue weighted by molar-refractivity contribution is 5.43. The van der Waals surface area contributed by atoms with Crippen molar-refractivity contribution in [3.05, 3.63) is 30.1 Å². The van der Waals surface area contributed by atoms with Crippen LogP contribution in [0.1, 0.15) is 19.5 Å². The summed E-state index contributed by atoms with van der Waals surface area (Å²) in [5.74, 6) is 6.80. The number of aromatic nitrogens is 4. The molecule has 0 fully saturated rings. The van der Waals surface area contributed by atoms with E-state index in [1.165, 1.54) is 0 Å². The molecule has 2 aromatic rings. The molecule has 0 spiro atoms. The van der Waals surface area contributed by atoms with Gasteiger partial charge in [-0.2, -0.15) is 15.0 Å². The number of hydrogen-bond donors (Lipinski definition) is 3. The van der Waals surface area contributed by atoms with Crippen LogP contribution in [-0.4, -0.2) is 33.0 Å². The topological polar surface area (TPSA) is 105 Å². The lowest BCUT2D eigenvalue weighted by Crippen LogP contribution is -2.26. The van der Waals surface area contributed by atoms with Crippen LogP contribution >= 0.6 is 0 Å². The zero-order valence-electron chi connectivity index (χ0n) is 12.2. The summed E-state index contributed by atoms with van der Waals surface area (Å²) in [6.07, 6.45) is 1.75. The molecule has 0 radical (unpaired) electrons. The number of anilines is 3. The first-order chi connectivity index (χ1) is 10.3. The summed E-state index contributed by atoms with van der Waals surface area (Å²) in [5, 5.41) is 3.13. The van der Waals surface area contributed by atoms with Gasteiger partial charge in [0.1, 0.15) is 0 Å². The second-order valence-corrected chi connectivity index (χ2v) is 4.27. The summed E-state index contributed by atoms with van der Waals surface area (Å²) in [6.45, 7) is 6.24. The fraction of sp³-hybridized carbons (Fsp3) is 0.385. The van der Waals surface area contributed by atoms with E-state index in [1.54, 1.807) is 6.20 Å². The maximum Gasteiger partial charge on any atom is 0.243 e. The van der Waals surface area contributed by atoms with Crippen LogP contribution in [0.15, 0.2) is 24.4 Å². The van der Waals surface area contributed by atoms with Crippen molar-refractivity contribution >= 4 is 17.8 Å². The van der Waals surface area contributed by atoms with Crippen molar-refractivity contribution in [2.45, 2.75) is 20.4 Å². The Kier molecular flexibility index (Phi) is 5.22. The zero-order chi connectivity index (χ0) is 15.1. The molecule has 0 saturated carbocycles. The van der Waals surface area contributed by atoms with Crippen LogP contribution in [0.2, 0.25) is 0 Å². The fourth-order valence-corrected chi connectivity index (χ4v) is 1.83. The van der Waals surface area contributed by atoms with Gasteiger partial charge in [-0.15, -0.1) is 0 Å². The molecule has 0 aliphatic heterocycles. The van der Waals surface area contributed by atoms with Gasteiger partial charge in [-0.25, -0.2) is 5.84 Å². The lowest BCUT2D eigenvalue weighted by Gasteiger charge is -2.19. The van der Waals surface area contributed by atoms with Gasteiger partial charge in [-0.05, 0) is 26.0 Å². The highest BCUT2D eigenvalue weighted by atomic mass is 15.4. The Morgan fingerprint density at radius 1 is 1.10 bits per heavy atom. The van der Waals surface area contributed by atoms with Gasteiger partial charge in [0, 0.05) is 19.3 Å². The van der Waals surface area contributed by atoms with Crippen molar-refractivity contribution in [3.63, 3.8) is 0 Å². The minimum atomic E-state index is 0.329. The van der Waals surface area contributed by atoms with Crippen LogP contribution in [0.4, 0.5) is 17.8 Å². The smallest absolute Gasteiger partial charge is 0.243 e. The van der Waals surface area contributed by atoms with Crippen molar-refractivity contribution in [2.75, 3.05) is 28.7 Å². The first-order valence-electron chi connectivity index (χ1n) is 6.88. The third-order valence-electron chi connectivity index (χ3n) is 2.95. The van der Waals surface area contributed by atoms with Crippen molar-refractivity contribution in [1.29, 1.82) is 0 Å². The Balaban J connectivity index is 2.16. The number of nitrogens with zero attached hydrogens (tertiary/aromatic N) is 5. The lowest BCUT2D eigenvalue weighted by molar-refractivity contribution is 0.811. The van der Waals surface area contributed by atoms with E-state index >= 15 is 0 Å². The molecule has 0 amide bonds. The zero-order valence-corrected chi connectivity index (χ0v) is 12.2. The monoisotopic (exact) mass is 288 g/mol. The number of pyridine rings is 1. The number of rotatable bonds is 7. The van der Waals surface area contributed by atoms with Gasteiger partial charge in [0.05, 0.1) is 12.2 Å². The molecule has 2 aromatic heterocycles. The Morgan fingerprint density at radius 2 is 1.86 bits per heavy atom. The largest absolute Gasteiger partial charge is 0.348 e. The molecule has 0 unspecified atom stereocenters. The normalized spacial score (nSPS) is 10.2. The Bertz CT molecular complexity index is 555. The molecular weight excluding hydrogens is 268 g/mol. The minimum Gasteiger partial charge on any atom is -0.348 e. The molecule has 21 heavy (non-hydrogen) atoms. The molecule has 0 aliphatic carbocycles. The molecular formula is C13H20N8. The second kappa shape index (κ2) is 7.34. The molecule has 2 heterocycles. The van der Waals surface area contributed by atoms with Crippen LogP contribution in [0, 0.1) is 0 Å². The van der Waals surface area contributed by atoms with Gasteiger partial charge >= 0.3 is 0 Å². The van der Waals surface area contributed by atoms with Gasteiger partial charge in [0.25, 0.3) is 0 Å². The predicted molar refractivity (Wildman–Crippen MR) is 82.8 cm³/mol. The standard InChI is InChI=1S/C13H20N8/c1-3-21(4-2)13-18-11(17-12(19-13)20-14)16-9-10-7-5-6-8-15-10/h5-8H,3-4,9,14H2,1-2H3,(H2,16,17,18,19,20). The maximum absolute atomic E-state index is 5.42. The van der Waals surface area contributed by atoms with Crippen molar-refractivity contribution in [2.24, 2.45) is 5.84 Å². The summed E-state index contributed by atoms with van der Waals surface area (Å²) < 4.78 is 0. The third-order valence-corrected chi connectivity index (χ3v) is 2.95. The lowest BCUT2D eigenvalue weighted by atomic mass is 10.3. The molecule has 0 bridgehead atoms. The number of hydrazine groups is 1. The molecule has 112 valence electrons. The molecule has 8 nitrogen and oxygen atoms in total. The van der Waals surface area contributed by atoms with Crippen LogP contribution in [0.5, 0.6) is 0 Å². The summed E-state index contributed by atoms with van der Waals surface area (Å²) >= 11 is 0. The van der Waals surface area contributed by atoms with Crippen molar-refractivity contribution in [1.82, 2.24) is 19.9 Å². The minimum absolute atomic E-state index is 0.329. The van der Waals surface area contributed by atoms with Crippen LogP contribution in [-0.2, 0) is 6.54 Å². The van der Waals surface area contributed by atoms with Crippen molar-refractivity contribution < 1.29 is 0 Å². The first-order valence-corrected chi connectivity index (χ1v) is 6.88. The van der Waals surface area contributed by atoms with Gasteiger partial charge < -0.3 is 10.2 Å². The third kappa shape index (κ3) is 3.99. The van der Waals surface area contributed by atoms with Gasteiger partial charge in [0.15, 0.2) is 0 Å². The highest BCUT2D eigenvalue weighted by Gasteiger charge is 2.10. The fourth-order valence-electron chi connectivity index (χ4n) is 1.83. The number of nitrogen functional groups attached to an aromatic ring is 1. The average Bonchev–Trinajstić information content (AvgIpc) is 2.55. The van der Waals surface area contributed by atoms with Gasteiger partial charge in [-0.1, -0.05) is 6.07 Å². The molecule has 0 aliphatic rings. The van der Waals surface area contributed by atoms with E-state index < -0.39 is 0 Å². The molecule has 8 heteroatoms. The summed E-state index contributed by atoms with van der Waals surface area (Å²) in [7, 11) is 0. The highest BCUT2D eigenvalue weighted by Crippen LogP contribution is 2.13. The number of nitrogens with two attached hydrogens (primary N) is 1. The Morgan fingerprint density at radius 3 is 2.48 bits per heavy atom. The van der Waals surface area contributed by atoms with E-state index in [0.29, 0.717) is 24.4 Å².